The molecular weight excluding hydrogens is 477 g/mol. The highest BCUT2D eigenvalue weighted by Crippen LogP contribution is 2.23. The number of nitrogens with zero attached hydrogens (tertiary/aromatic N) is 1. The van der Waals surface area contributed by atoms with E-state index in [0.29, 0.717) is 13.0 Å². The number of halogens is 3. The third kappa shape index (κ3) is 8.46. The highest BCUT2D eigenvalue weighted by molar-refractivity contribution is 6.35. The fraction of sp³-hybridized carbons (Fsp3) is 0.762. The number of nitrogens with one attached hydrogen (secondary N) is 3. The third-order valence-electron chi connectivity index (χ3n) is 5.61. The predicted molar refractivity (Wildman–Crippen MR) is 113 cm³/mol. The van der Waals surface area contributed by atoms with Crippen LogP contribution in [0.3, 0.4) is 0 Å². The van der Waals surface area contributed by atoms with Gasteiger partial charge in [-0.3, -0.25) is 28.7 Å². The molecule has 2 saturated heterocycles. The molecule has 35 heavy (non-hydrogen) atoms. The Hall–Kier alpha value is -2.74. The third-order valence-corrected chi connectivity index (χ3v) is 5.61. The Morgan fingerprint density at radius 1 is 1.20 bits per heavy atom. The quantitative estimate of drug-likeness (QED) is 0.380. The van der Waals surface area contributed by atoms with E-state index in [9.17, 15) is 37.1 Å². The van der Waals surface area contributed by atoms with E-state index in [-0.39, 0.29) is 25.3 Å². The number of carbonyl (C=O) groups is 5. The zero-order chi connectivity index (χ0) is 26.6. The lowest BCUT2D eigenvalue weighted by Gasteiger charge is -2.27. The summed E-state index contributed by atoms with van der Waals surface area (Å²) in [5.41, 5.74) is -0.720. The molecule has 0 aromatic carbocycles. The first-order valence-corrected chi connectivity index (χ1v) is 11.1. The lowest BCUT2D eigenvalue weighted by Crippen LogP contribution is -2.55. The molecule has 14 heteroatoms. The Morgan fingerprint density at radius 3 is 2.37 bits per heavy atom. The fourth-order valence-corrected chi connectivity index (χ4v) is 3.91. The number of hydrogen-bond donors (Lipinski definition) is 3. The van der Waals surface area contributed by atoms with Crippen molar-refractivity contribution in [3.05, 3.63) is 0 Å². The molecular formula is C21H31F3N4O7. The summed E-state index contributed by atoms with van der Waals surface area (Å²) in [4.78, 5) is 63.7. The lowest BCUT2D eigenvalue weighted by atomic mass is 9.95. The van der Waals surface area contributed by atoms with Gasteiger partial charge in [0.15, 0.2) is 5.78 Å². The second kappa shape index (κ2) is 11.3. The van der Waals surface area contributed by atoms with Crippen molar-refractivity contribution in [3.63, 3.8) is 0 Å². The van der Waals surface area contributed by atoms with Gasteiger partial charge in [-0.25, -0.2) is 0 Å². The van der Waals surface area contributed by atoms with E-state index >= 15 is 0 Å². The molecule has 0 bridgehead atoms. The minimum atomic E-state index is -5.06. The summed E-state index contributed by atoms with van der Waals surface area (Å²) in [6.07, 6.45) is -5.54. The number of ketones is 1. The number of hydrogen-bond acceptors (Lipinski definition) is 7. The summed E-state index contributed by atoms with van der Waals surface area (Å²) in [6, 6.07) is -2.69. The molecule has 0 aromatic heterocycles. The highest BCUT2D eigenvalue weighted by Gasteiger charge is 2.44. The van der Waals surface area contributed by atoms with Crippen molar-refractivity contribution in [1.29, 1.82) is 0 Å². The smallest absolute Gasteiger partial charge is 0.380 e. The van der Waals surface area contributed by atoms with Crippen LogP contribution in [0.5, 0.6) is 0 Å². The average molecular weight is 508 g/mol. The van der Waals surface area contributed by atoms with Crippen LogP contribution in [-0.4, -0.2) is 91.2 Å². The van der Waals surface area contributed by atoms with Gasteiger partial charge in [0, 0.05) is 38.1 Å². The molecule has 0 aliphatic carbocycles. The lowest BCUT2D eigenvalue weighted by molar-refractivity contribution is -0.321. The van der Waals surface area contributed by atoms with Crippen molar-refractivity contribution in [3.8, 4) is 0 Å². The molecule has 2 rings (SSSR count). The van der Waals surface area contributed by atoms with Gasteiger partial charge in [0.1, 0.15) is 12.6 Å². The second-order valence-corrected chi connectivity index (χ2v) is 9.55. The van der Waals surface area contributed by atoms with E-state index in [1.54, 1.807) is 20.8 Å². The number of Topliss-reactive ketones (excluding diaryl/α,β-unsaturated/α-hetero) is 1. The van der Waals surface area contributed by atoms with Crippen LogP contribution in [0.25, 0.3) is 0 Å². The molecule has 11 nitrogen and oxygen atoms in total. The van der Waals surface area contributed by atoms with Gasteiger partial charge >= 0.3 is 18.2 Å². The first kappa shape index (κ1) is 28.5. The van der Waals surface area contributed by atoms with Gasteiger partial charge in [-0.05, 0) is 33.6 Å². The van der Waals surface area contributed by atoms with E-state index in [1.165, 1.54) is 7.11 Å². The minimum Gasteiger partial charge on any atom is -0.380 e. The Labute approximate surface area is 200 Å². The van der Waals surface area contributed by atoms with Crippen molar-refractivity contribution >= 4 is 29.4 Å². The summed E-state index contributed by atoms with van der Waals surface area (Å²) in [5, 5.41) is 7.43. The summed E-state index contributed by atoms with van der Waals surface area (Å²) in [6.45, 7) is 3.91. The number of ether oxygens (including phenoxy) is 2. The average Bonchev–Trinajstić information content (AvgIpc) is 3.35. The Bertz CT molecular complexity index is 844. The topological polar surface area (TPSA) is 143 Å². The zero-order valence-corrected chi connectivity index (χ0v) is 20.0. The van der Waals surface area contributed by atoms with Crippen LogP contribution in [0.1, 0.15) is 40.0 Å². The Kier molecular flexibility index (Phi) is 9.23. The first-order chi connectivity index (χ1) is 16.1. The molecule has 198 valence electrons. The van der Waals surface area contributed by atoms with Gasteiger partial charge in [-0.15, -0.1) is 13.2 Å². The molecule has 3 N–H and O–H groups in total. The van der Waals surface area contributed by atoms with Crippen molar-refractivity contribution in [2.45, 2.75) is 70.1 Å². The normalized spacial score (nSPS) is 23.6. The number of carbonyl (C=O) groups excluding carboxylic acids is 5. The molecule has 0 spiro atoms. The van der Waals surface area contributed by atoms with Crippen LogP contribution in [0.15, 0.2) is 0 Å². The maximum atomic E-state index is 13.1. The molecule has 0 saturated carbocycles. The largest absolute Gasteiger partial charge is 0.522 e. The van der Waals surface area contributed by atoms with Gasteiger partial charge in [0.25, 0.3) is 0 Å². The predicted octanol–water partition coefficient (Wildman–Crippen LogP) is -0.366. The van der Waals surface area contributed by atoms with Crippen molar-refractivity contribution in [2.75, 3.05) is 26.8 Å². The SMILES string of the molecule is COC1CC(C(=O)NC(CC2CCNC2=O)C(=O)COC(F)(F)F)N(C(=O)C(=O)NC(C)(C)C)C1. The van der Waals surface area contributed by atoms with Gasteiger partial charge in [0.2, 0.25) is 11.8 Å². The van der Waals surface area contributed by atoms with Crippen molar-refractivity contribution in [1.82, 2.24) is 20.9 Å². The van der Waals surface area contributed by atoms with E-state index in [1.807, 2.05) is 0 Å². The summed E-state index contributed by atoms with van der Waals surface area (Å²) >= 11 is 0. The molecule has 2 aliphatic rings. The van der Waals surface area contributed by atoms with Crippen molar-refractivity contribution < 1.29 is 46.6 Å². The van der Waals surface area contributed by atoms with Crippen LogP contribution in [-0.2, 0) is 33.4 Å². The Morgan fingerprint density at radius 2 is 1.86 bits per heavy atom. The summed E-state index contributed by atoms with van der Waals surface area (Å²) in [7, 11) is 1.36. The molecule has 2 aliphatic heterocycles. The number of likely N-dealkylation sites (tertiary alicyclic amines) is 1. The fourth-order valence-electron chi connectivity index (χ4n) is 3.91. The van der Waals surface area contributed by atoms with Crippen LogP contribution in [0.4, 0.5) is 13.2 Å². The number of alkyl halides is 3. The van der Waals surface area contributed by atoms with Crippen LogP contribution < -0.4 is 16.0 Å². The van der Waals surface area contributed by atoms with Crippen LogP contribution >= 0.6 is 0 Å². The van der Waals surface area contributed by atoms with Gasteiger partial charge in [-0.1, -0.05) is 0 Å². The standard InChI is InChI=1S/C21H31F3N4O7/c1-20(2,3)27-18(32)19(33)28-9-12(34-4)8-14(28)17(31)26-13(7-11-5-6-25-16(11)30)15(29)10-35-21(22,23)24/h11-14H,5-10H2,1-4H3,(H,25,30)(H,26,31)(H,27,32). The molecule has 2 fully saturated rings. The Balaban J connectivity index is 2.18. The molecule has 4 unspecified atom stereocenters. The van der Waals surface area contributed by atoms with Crippen molar-refractivity contribution in [2.24, 2.45) is 5.92 Å². The van der Waals surface area contributed by atoms with Crippen LogP contribution in [0.2, 0.25) is 0 Å². The maximum Gasteiger partial charge on any atom is 0.522 e. The van der Waals surface area contributed by atoms with E-state index in [2.05, 4.69) is 20.7 Å². The van der Waals surface area contributed by atoms with E-state index in [0.717, 1.165) is 4.90 Å². The molecule has 4 atom stereocenters. The van der Waals surface area contributed by atoms with E-state index < -0.39 is 66.1 Å². The minimum absolute atomic E-state index is 0.000742. The number of methoxy groups -OCH3 is 1. The van der Waals surface area contributed by atoms with Gasteiger partial charge in [0.05, 0.1) is 12.1 Å². The molecule has 4 amide bonds. The maximum absolute atomic E-state index is 13.1. The van der Waals surface area contributed by atoms with Crippen LogP contribution in [0, 0.1) is 5.92 Å². The second-order valence-electron chi connectivity index (χ2n) is 9.55. The van der Waals surface area contributed by atoms with Gasteiger partial charge < -0.3 is 25.6 Å². The summed E-state index contributed by atoms with van der Waals surface area (Å²) in [5.74, 6) is -4.95. The number of rotatable bonds is 8. The number of amides is 4. The zero-order valence-electron chi connectivity index (χ0n) is 20.0. The molecule has 2 heterocycles. The first-order valence-electron chi connectivity index (χ1n) is 11.1. The summed E-state index contributed by atoms with van der Waals surface area (Å²) < 4.78 is 46.2. The molecule has 0 radical (unpaired) electrons. The highest BCUT2D eigenvalue weighted by atomic mass is 19.4. The van der Waals surface area contributed by atoms with Gasteiger partial charge in [-0.2, -0.15) is 0 Å². The molecule has 0 aromatic rings. The van der Waals surface area contributed by atoms with E-state index in [4.69, 9.17) is 4.74 Å². The monoisotopic (exact) mass is 508 g/mol.